The molecule has 1 fully saturated rings. The summed E-state index contributed by atoms with van der Waals surface area (Å²) in [5, 5.41) is 14.7. The number of hydrogen-bond donors (Lipinski definition) is 4. The van der Waals surface area contributed by atoms with E-state index >= 15 is 0 Å². The van der Waals surface area contributed by atoms with Gasteiger partial charge in [-0.2, -0.15) is 13.2 Å². The third kappa shape index (κ3) is 8.47. The summed E-state index contributed by atoms with van der Waals surface area (Å²) in [4.78, 5) is 23.8. The second-order valence-corrected chi connectivity index (χ2v) is 9.12. The molecule has 2 aromatic rings. The Bertz CT molecular complexity index is 1070. The van der Waals surface area contributed by atoms with Gasteiger partial charge in [-0.15, -0.1) is 10.2 Å². The van der Waals surface area contributed by atoms with Crippen LogP contribution >= 0.6 is 11.3 Å². The Morgan fingerprint density at radius 1 is 1.29 bits per heavy atom. The molecule has 1 saturated carbocycles. The highest BCUT2D eigenvalue weighted by molar-refractivity contribution is 7.15. The molecular weight excluding hydrogens is 490 g/mol. The van der Waals surface area contributed by atoms with Crippen molar-refractivity contribution in [2.24, 2.45) is 17.5 Å². The molecule has 0 bridgehead atoms. The minimum Gasteiger partial charge on any atom is -0.393 e. The van der Waals surface area contributed by atoms with E-state index in [-0.39, 0.29) is 49.0 Å². The fourth-order valence-corrected chi connectivity index (χ4v) is 3.75. The van der Waals surface area contributed by atoms with Crippen LogP contribution in [-0.4, -0.2) is 39.7 Å². The summed E-state index contributed by atoms with van der Waals surface area (Å²) in [5.74, 6) is 4.90. The van der Waals surface area contributed by atoms with Crippen molar-refractivity contribution in [1.82, 2.24) is 20.5 Å². The highest BCUT2D eigenvalue weighted by Gasteiger charge is 2.31. The van der Waals surface area contributed by atoms with Crippen LogP contribution in [0.2, 0.25) is 0 Å². The molecule has 1 aromatic heterocycles. The van der Waals surface area contributed by atoms with Crippen LogP contribution in [0.1, 0.15) is 35.4 Å². The number of nitrogens with two attached hydrogens (primary N) is 2. The third-order valence-electron chi connectivity index (χ3n) is 5.00. The first kappa shape index (κ1) is 26.3. The molecule has 0 saturated heterocycles. The number of halogens is 4. The Hall–Kier alpha value is -3.26. The lowest BCUT2D eigenvalue weighted by Crippen LogP contribution is -2.36. The number of benzene rings is 1. The Kier molecular flexibility index (Phi) is 8.62. The number of nitrogens with zero attached hydrogens (tertiary/aromatic N) is 3. The van der Waals surface area contributed by atoms with Gasteiger partial charge >= 0.3 is 6.18 Å². The average Bonchev–Trinajstić information content (AvgIpc) is 3.56. The fourth-order valence-electron chi connectivity index (χ4n) is 2.99. The van der Waals surface area contributed by atoms with Crippen molar-refractivity contribution in [3.8, 4) is 0 Å². The van der Waals surface area contributed by atoms with E-state index in [1.165, 1.54) is 23.5 Å². The van der Waals surface area contributed by atoms with Crippen LogP contribution in [0.15, 0.2) is 36.2 Å². The SMILES string of the molecule is N/C(=C\N(N)CC(F)CCc1nnc(NC(=O)C2CC2)s1)C(=O)NCc1cccc(C(F)(F)F)c1. The van der Waals surface area contributed by atoms with E-state index in [4.69, 9.17) is 11.6 Å². The number of hydrogen-bond acceptors (Lipinski definition) is 8. The molecule has 0 aliphatic heterocycles. The quantitative estimate of drug-likeness (QED) is 0.156. The topological polar surface area (TPSA) is 139 Å². The van der Waals surface area contributed by atoms with Gasteiger partial charge in [0.05, 0.1) is 12.1 Å². The summed E-state index contributed by atoms with van der Waals surface area (Å²) in [6.07, 6.45) is -2.72. The number of nitrogens with one attached hydrogen (secondary N) is 2. The van der Waals surface area contributed by atoms with E-state index < -0.39 is 23.8 Å². The second-order valence-electron chi connectivity index (χ2n) is 8.06. The largest absolute Gasteiger partial charge is 0.416 e. The van der Waals surface area contributed by atoms with Crippen molar-refractivity contribution < 1.29 is 27.2 Å². The summed E-state index contributed by atoms with van der Waals surface area (Å²) >= 11 is 1.17. The van der Waals surface area contributed by atoms with E-state index in [1.807, 2.05) is 0 Å². The van der Waals surface area contributed by atoms with Crippen LogP contribution in [0.3, 0.4) is 0 Å². The fraction of sp³-hybridized carbons (Fsp3) is 0.429. The normalized spacial score (nSPS) is 14.9. The Balaban J connectivity index is 1.41. The standard InChI is InChI=1S/C21H25F4N7O2S/c22-15(6-7-17-30-31-20(35-17)29-18(33)13-4-5-13)10-32(27)11-16(26)19(34)28-9-12-2-1-3-14(8-12)21(23,24)25/h1-3,8,11,13,15H,4-7,9-10,26-27H2,(H,28,34)(H,29,31,33)/b16-11-. The summed E-state index contributed by atoms with van der Waals surface area (Å²) < 4.78 is 52.7. The van der Waals surface area contributed by atoms with Gasteiger partial charge in [0.1, 0.15) is 16.9 Å². The molecule has 14 heteroatoms. The van der Waals surface area contributed by atoms with Crippen LogP contribution in [0, 0.1) is 5.92 Å². The van der Waals surface area contributed by atoms with Crippen LogP contribution in [-0.2, 0) is 28.7 Å². The van der Waals surface area contributed by atoms with Crippen molar-refractivity contribution in [2.45, 2.75) is 44.6 Å². The van der Waals surface area contributed by atoms with Crippen molar-refractivity contribution in [2.75, 3.05) is 11.9 Å². The first-order valence-electron chi connectivity index (χ1n) is 10.7. The smallest absolute Gasteiger partial charge is 0.393 e. The van der Waals surface area contributed by atoms with Gasteiger partial charge in [-0.05, 0) is 37.0 Å². The number of hydrazine groups is 1. The van der Waals surface area contributed by atoms with Crippen LogP contribution < -0.4 is 22.2 Å². The van der Waals surface area contributed by atoms with E-state index in [2.05, 4.69) is 20.8 Å². The summed E-state index contributed by atoms with van der Waals surface area (Å²) in [6.45, 7) is -0.440. The monoisotopic (exact) mass is 515 g/mol. The van der Waals surface area contributed by atoms with Crippen molar-refractivity contribution >= 4 is 28.3 Å². The van der Waals surface area contributed by atoms with Gasteiger partial charge in [0, 0.05) is 25.1 Å². The van der Waals surface area contributed by atoms with E-state index in [0.717, 1.165) is 36.2 Å². The average molecular weight is 516 g/mol. The van der Waals surface area contributed by atoms with Gasteiger partial charge in [0.25, 0.3) is 5.91 Å². The van der Waals surface area contributed by atoms with Crippen LogP contribution in [0.4, 0.5) is 22.7 Å². The lowest BCUT2D eigenvalue weighted by Gasteiger charge is -2.17. The zero-order valence-electron chi connectivity index (χ0n) is 18.5. The van der Waals surface area contributed by atoms with E-state index in [0.29, 0.717) is 10.1 Å². The highest BCUT2D eigenvalue weighted by atomic mass is 32.1. The number of aromatic nitrogens is 2. The maximum Gasteiger partial charge on any atom is 0.416 e. The molecule has 1 aromatic carbocycles. The number of alkyl halides is 4. The summed E-state index contributed by atoms with van der Waals surface area (Å²) in [5.41, 5.74) is 4.74. The molecule has 190 valence electrons. The van der Waals surface area contributed by atoms with Gasteiger partial charge in [0.2, 0.25) is 11.0 Å². The number of carbonyl (C=O) groups is 2. The molecule has 1 aliphatic carbocycles. The number of aryl methyl sites for hydroxylation is 1. The molecule has 3 rings (SSSR count). The Morgan fingerprint density at radius 3 is 2.71 bits per heavy atom. The first-order valence-corrected chi connectivity index (χ1v) is 11.5. The van der Waals surface area contributed by atoms with Crippen molar-refractivity contribution in [3.05, 3.63) is 52.3 Å². The number of carbonyl (C=O) groups excluding carboxylic acids is 2. The minimum absolute atomic E-state index is 0.0382. The van der Waals surface area contributed by atoms with Crippen LogP contribution in [0.25, 0.3) is 0 Å². The van der Waals surface area contributed by atoms with E-state index in [1.54, 1.807) is 0 Å². The second kappa shape index (κ2) is 11.4. The number of anilines is 1. The zero-order chi connectivity index (χ0) is 25.6. The molecular formula is C21H25F4N7O2S. The van der Waals surface area contributed by atoms with Gasteiger partial charge in [-0.1, -0.05) is 23.5 Å². The highest BCUT2D eigenvalue weighted by Crippen LogP contribution is 2.31. The van der Waals surface area contributed by atoms with E-state index in [9.17, 15) is 27.2 Å². The molecule has 9 nitrogen and oxygen atoms in total. The van der Waals surface area contributed by atoms with Gasteiger partial charge in [0.15, 0.2) is 0 Å². The van der Waals surface area contributed by atoms with Crippen molar-refractivity contribution in [3.63, 3.8) is 0 Å². The van der Waals surface area contributed by atoms with Crippen LogP contribution in [0.5, 0.6) is 0 Å². The molecule has 1 heterocycles. The molecule has 6 N–H and O–H groups in total. The lowest BCUT2D eigenvalue weighted by molar-refractivity contribution is -0.137. The number of amides is 2. The van der Waals surface area contributed by atoms with Gasteiger partial charge in [-0.25, -0.2) is 10.2 Å². The first-order chi connectivity index (χ1) is 16.5. The zero-order valence-corrected chi connectivity index (χ0v) is 19.3. The summed E-state index contributed by atoms with van der Waals surface area (Å²) in [6, 6.07) is 4.51. The minimum atomic E-state index is -4.49. The third-order valence-corrected chi connectivity index (χ3v) is 5.90. The predicted molar refractivity (Wildman–Crippen MR) is 121 cm³/mol. The van der Waals surface area contributed by atoms with Gasteiger partial charge in [-0.3, -0.25) is 9.59 Å². The number of rotatable bonds is 11. The molecule has 2 amide bonds. The van der Waals surface area contributed by atoms with Gasteiger partial charge < -0.3 is 21.4 Å². The molecule has 0 spiro atoms. The molecule has 0 radical (unpaired) electrons. The Labute approximate surface area is 202 Å². The molecule has 1 unspecified atom stereocenters. The molecule has 1 atom stereocenters. The molecule has 35 heavy (non-hydrogen) atoms. The lowest BCUT2D eigenvalue weighted by atomic mass is 10.1. The predicted octanol–water partition coefficient (Wildman–Crippen LogP) is 2.47. The Morgan fingerprint density at radius 2 is 2.03 bits per heavy atom. The maximum atomic E-state index is 14.3. The van der Waals surface area contributed by atoms with Crippen molar-refractivity contribution in [1.29, 1.82) is 0 Å². The summed E-state index contributed by atoms with van der Waals surface area (Å²) in [7, 11) is 0. The molecule has 1 aliphatic rings. The maximum absolute atomic E-state index is 14.3.